The summed E-state index contributed by atoms with van der Waals surface area (Å²) in [5.41, 5.74) is 5.34. The predicted molar refractivity (Wildman–Crippen MR) is 78.0 cm³/mol. The second-order valence-corrected chi connectivity index (χ2v) is 7.58. The minimum atomic E-state index is -0.652. The van der Waals surface area contributed by atoms with Gasteiger partial charge in [0.15, 0.2) is 0 Å². The zero-order chi connectivity index (χ0) is 15.1. The van der Waals surface area contributed by atoms with Gasteiger partial charge in [-0.05, 0) is 37.0 Å². The van der Waals surface area contributed by atoms with Gasteiger partial charge < -0.3 is 11.1 Å². The standard InChI is InChI=1S/C15H27N3O2/c1-10-5-7-15(8-6-10)12(19)18(13(20)17-15)9-11(16)14(2,3)4/h10-11H,5-9,16H2,1-4H3,(H,17,20). The minimum Gasteiger partial charge on any atom is -0.326 e. The van der Waals surface area contributed by atoms with Gasteiger partial charge in [0.1, 0.15) is 5.54 Å². The smallest absolute Gasteiger partial charge is 0.325 e. The summed E-state index contributed by atoms with van der Waals surface area (Å²) in [7, 11) is 0. The monoisotopic (exact) mass is 281 g/mol. The summed E-state index contributed by atoms with van der Waals surface area (Å²) in [4.78, 5) is 26.1. The fraction of sp³-hybridized carbons (Fsp3) is 0.867. The summed E-state index contributed by atoms with van der Waals surface area (Å²) < 4.78 is 0. The van der Waals surface area contributed by atoms with E-state index in [0.29, 0.717) is 12.5 Å². The first kappa shape index (κ1) is 15.3. The van der Waals surface area contributed by atoms with E-state index in [2.05, 4.69) is 12.2 Å². The lowest BCUT2D eigenvalue weighted by Crippen LogP contribution is -2.51. The van der Waals surface area contributed by atoms with Crippen LogP contribution in [-0.2, 0) is 4.79 Å². The van der Waals surface area contributed by atoms with Crippen molar-refractivity contribution in [2.45, 2.75) is 65.0 Å². The Morgan fingerprint density at radius 3 is 2.40 bits per heavy atom. The van der Waals surface area contributed by atoms with Crippen molar-refractivity contribution in [1.82, 2.24) is 10.2 Å². The van der Waals surface area contributed by atoms with Crippen molar-refractivity contribution in [1.29, 1.82) is 0 Å². The molecule has 2 fully saturated rings. The van der Waals surface area contributed by atoms with Gasteiger partial charge in [-0.1, -0.05) is 27.7 Å². The van der Waals surface area contributed by atoms with E-state index >= 15 is 0 Å². The van der Waals surface area contributed by atoms with Gasteiger partial charge in [-0.25, -0.2) is 4.79 Å². The molecule has 1 unspecified atom stereocenters. The highest BCUT2D eigenvalue weighted by molar-refractivity contribution is 6.07. The van der Waals surface area contributed by atoms with Crippen LogP contribution in [0.5, 0.6) is 0 Å². The van der Waals surface area contributed by atoms with E-state index in [1.807, 2.05) is 20.8 Å². The molecule has 2 rings (SSSR count). The maximum Gasteiger partial charge on any atom is 0.325 e. The van der Waals surface area contributed by atoms with Crippen LogP contribution in [0, 0.1) is 11.3 Å². The summed E-state index contributed by atoms with van der Waals surface area (Å²) in [6.07, 6.45) is 3.48. The summed E-state index contributed by atoms with van der Waals surface area (Å²) >= 11 is 0. The fourth-order valence-corrected chi connectivity index (χ4v) is 2.91. The zero-order valence-electron chi connectivity index (χ0n) is 13.0. The lowest BCUT2D eigenvalue weighted by molar-refractivity contribution is -0.133. The highest BCUT2D eigenvalue weighted by Crippen LogP contribution is 2.36. The van der Waals surface area contributed by atoms with E-state index in [4.69, 9.17) is 5.73 Å². The molecule has 20 heavy (non-hydrogen) atoms. The molecular formula is C15H27N3O2. The lowest BCUT2D eigenvalue weighted by Gasteiger charge is -2.34. The normalized spacial score (nSPS) is 32.6. The Morgan fingerprint density at radius 1 is 1.35 bits per heavy atom. The van der Waals surface area contributed by atoms with Crippen LogP contribution < -0.4 is 11.1 Å². The van der Waals surface area contributed by atoms with Crippen LogP contribution >= 0.6 is 0 Å². The Kier molecular flexibility index (Phi) is 3.84. The first-order valence-corrected chi connectivity index (χ1v) is 7.55. The number of carbonyl (C=O) groups excluding carboxylic acids is 2. The number of hydrogen-bond donors (Lipinski definition) is 2. The first-order valence-electron chi connectivity index (χ1n) is 7.55. The van der Waals surface area contributed by atoms with Crippen molar-refractivity contribution in [3.8, 4) is 0 Å². The number of amides is 3. The number of imide groups is 1. The third kappa shape index (κ3) is 2.68. The third-order valence-corrected chi connectivity index (χ3v) is 4.87. The average Bonchev–Trinajstić information content (AvgIpc) is 2.57. The van der Waals surface area contributed by atoms with Crippen LogP contribution in [-0.4, -0.2) is 35.0 Å². The summed E-state index contributed by atoms with van der Waals surface area (Å²) in [5.74, 6) is 0.560. The highest BCUT2D eigenvalue weighted by Gasteiger charge is 2.52. The van der Waals surface area contributed by atoms with Crippen LogP contribution in [0.15, 0.2) is 0 Å². The van der Waals surface area contributed by atoms with Gasteiger partial charge in [0.2, 0.25) is 0 Å². The van der Waals surface area contributed by atoms with Gasteiger partial charge in [0.05, 0.1) is 0 Å². The molecule has 0 radical (unpaired) electrons. The molecular weight excluding hydrogens is 254 g/mol. The molecule has 0 aromatic rings. The van der Waals surface area contributed by atoms with Gasteiger partial charge in [0.25, 0.3) is 5.91 Å². The highest BCUT2D eigenvalue weighted by atomic mass is 16.2. The van der Waals surface area contributed by atoms with E-state index in [9.17, 15) is 9.59 Å². The number of nitrogens with one attached hydrogen (secondary N) is 1. The Morgan fingerprint density at radius 2 is 1.90 bits per heavy atom. The van der Waals surface area contributed by atoms with E-state index < -0.39 is 5.54 Å². The van der Waals surface area contributed by atoms with Gasteiger partial charge >= 0.3 is 6.03 Å². The molecule has 1 saturated heterocycles. The second kappa shape index (κ2) is 5.02. The minimum absolute atomic E-state index is 0.0749. The van der Waals surface area contributed by atoms with Crippen LogP contribution in [0.3, 0.4) is 0 Å². The van der Waals surface area contributed by atoms with Crippen LogP contribution in [0.1, 0.15) is 53.4 Å². The van der Waals surface area contributed by atoms with E-state index in [1.54, 1.807) is 0 Å². The van der Waals surface area contributed by atoms with Crippen LogP contribution in [0.2, 0.25) is 0 Å². The largest absolute Gasteiger partial charge is 0.326 e. The van der Waals surface area contributed by atoms with E-state index in [1.165, 1.54) is 4.90 Å². The molecule has 5 nitrogen and oxygen atoms in total. The van der Waals surface area contributed by atoms with Gasteiger partial charge in [-0.3, -0.25) is 9.69 Å². The Bertz CT molecular complexity index is 406. The molecule has 114 valence electrons. The molecule has 3 amide bonds. The molecule has 1 heterocycles. The topological polar surface area (TPSA) is 75.4 Å². The fourth-order valence-electron chi connectivity index (χ4n) is 2.91. The molecule has 0 aromatic heterocycles. The number of rotatable bonds is 2. The Balaban J connectivity index is 2.10. The molecule has 1 spiro atoms. The van der Waals surface area contributed by atoms with Gasteiger partial charge in [0, 0.05) is 12.6 Å². The Hall–Kier alpha value is -1.10. The third-order valence-electron chi connectivity index (χ3n) is 4.87. The van der Waals surface area contributed by atoms with Crippen molar-refractivity contribution in [2.24, 2.45) is 17.1 Å². The molecule has 1 aliphatic carbocycles. The molecule has 1 aliphatic heterocycles. The first-order chi connectivity index (χ1) is 9.16. The summed E-state index contributed by atoms with van der Waals surface area (Å²) in [6.45, 7) is 8.56. The van der Waals surface area contributed by atoms with E-state index in [0.717, 1.165) is 25.7 Å². The lowest BCUT2D eigenvalue weighted by atomic mass is 9.77. The molecule has 1 atom stereocenters. The molecule has 0 aromatic carbocycles. The summed E-state index contributed by atoms with van der Waals surface area (Å²) in [5, 5.41) is 2.93. The van der Waals surface area contributed by atoms with Crippen molar-refractivity contribution in [3.05, 3.63) is 0 Å². The van der Waals surface area contributed by atoms with Crippen LogP contribution in [0.25, 0.3) is 0 Å². The molecule has 3 N–H and O–H groups in total. The molecule has 0 bridgehead atoms. The number of nitrogens with zero attached hydrogens (tertiary/aromatic N) is 1. The average molecular weight is 281 g/mol. The van der Waals surface area contributed by atoms with Crippen molar-refractivity contribution in [2.75, 3.05) is 6.54 Å². The maximum absolute atomic E-state index is 12.6. The number of urea groups is 1. The number of nitrogens with two attached hydrogens (primary N) is 1. The van der Waals surface area contributed by atoms with Crippen molar-refractivity contribution >= 4 is 11.9 Å². The van der Waals surface area contributed by atoms with E-state index in [-0.39, 0.29) is 23.4 Å². The SMILES string of the molecule is CC1CCC2(CC1)NC(=O)N(CC(N)C(C)(C)C)C2=O. The second-order valence-electron chi connectivity index (χ2n) is 7.58. The summed E-state index contributed by atoms with van der Waals surface area (Å²) in [6, 6.07) is -0.487. The molecule has 5 heteroatoms. The number of hydrogen-bond acceptors (Lipinski definition) is 3. The van der Waals surface area contributed by atoms with Gasteiger partial charge in [-0.2, -0.15) is 0 Å². The maximum atomic E-state index is 12.6. The predicted octanol–water partition coefficient (Wildman–Crippen LogP) is 1.86. The molecule has 2 aliphatic rings. The zero-order valence-corrected chi connectivity index (χ0v) is 13.0. The van der Waals surface area contributed by atoms with Crippen LogP contribution in [0.4, 0.5) is 4.79 Å². The Labute approximate surface area is 121 Å². The van der Waals surface area contributed by atoms with Crippen molar-refractivity contribution in [3.63, 3.8) is 0 Å². The quantitative estimate of drug-likeness (QED) is 0.759. The number of carbonyl (C=O) groups is 2. The molecule has 1 saturated carbocycles. The van der Waals surface area contributed by atoms with Crippen molar-refractivity contribution < 1.29 is 9.59 Å². The van der Waals surface area contributed by atoms with Gasteiger partial charge in [-0.15, -0.1) is 0 Å².